The van der Waals surface area contributed by atoms with Crippen LogP contribution in [0.5, 0.6) is 0 Å². The fourth-order valence-electron chi connectivity index (χ4n) is 2.38. The standard InChI is InChI=1S/C13H19N5O.CH2O2/c1-8(2)13-17-16-12(19-13)7-18-5-4-10-11(6-18)15-9(3)14-10;2-1-3/h8H,4-7H2,1-3H3,(H,14,15);1H,(H,2,3). The second-order valence-corrected chi connectivity index (χ2v) is 5.50. The van der Waals surface area contributed by atoms with Crippen molar-refractivity contribution in [3.63, 3.8) is 0 Å². The van der Waals surface area contributed by atoms with Crippen molar-refractivity contribution in [2.24, 2.45) is 0 Å². The van der Waals surface area contributed by atoms with Crippen LogP contribution in [0.25, 0.3) is 0 Å². The molecule has 2 aromatic heterocycles. The van der Waals surface area contributed by atoms with E-state index >= 15 is 0 Å². The first-order chi connectivity index (χ1) is 10.5. The van der Waals surface area contributed by atoms with Gasteiger partial charge in [-0.2, -0.15) is 0 Å². The second-order valence-electron chi connectivity index (χ2n) is 5.50. The molecule has 1 aliphatic rings. The van der Waals surface area contributed by atoms with E-state index in [1.54, 1.807) is 0 Å². The molecule has 0 fully saturated rings. The largest absolute Gasteiger partial charge is 0.483 e. The lowest BCUT2D eigenvalue weighted by Gasteiger charge is -2.24. The monoisotopic (exact) mass is 307 g/mol. The lowest BCUT2D eigenvalue weighted by Crippen LogP contribution is -2.30. The van der Waals surface area contributed by atoms with Crippen LogP contribution in [0, 0.1) is 6.92 Å². The van der Waals surface area contributed by atoms with E-state index in [0.29, 0.717) is 18.3 Å². The van der Waals surface area contributed by atoms with E-state index in [1.165, 1.54) is 11.4 Å². The highest BCUT2D eigenvalue weighted by atomic mass is 16.4. The summed E-state index contributed by atoms with van der Waals surface area (Å²) in [6, 6.07) is 0. The average Bonchev–Trinajstić information content (AvgIpc) is 3.05. The van der Waals surface area contributed by atoms with Gasteiger partial charge in [0.15, 0.2) is 0 Å². The summed E-state index contributed by atoms with van der Waals surface area (Å²) in [5, 5.41) is 15.1. The number of H-pyrrole nitrogens is 1. The van der Waals surface area contributed by atoms with Crippen molar-refractivity contribution in [1.82, 2.24) is 25.1 Å². The molecule has 0 amide bonds. The third-order valence-corrected chi connectivity index (χ3v) is 3.36. The van der Waals surface area contributed by atoms with E-state index in [-0.39, 0.29) is 12.4 Å². The van der Waals surface area contributed by atoms with Gasteiger partial charge in [0.25, 0.3) is 6.47 Å². The molecular formula is C14H21N5O3. The quantitative estimate of drug-likeness (QED) is 0.827. The van der Waals surface area contributed by atoms with Crippen LogP contribution in [0.2, 0.25) is 0 Å². The van der Waals surface area contributed by atoms with Crippen molar-refractivity contribution in [1.29, 1.82) is 0 Å². The van der Waals surface area contributed by atoms with Crippen molar-refractivity contribution in [2.45, 2.75) is 46.2 Å². The summed E-state index contributed by atoms with van der Waals surface area (Å²) in [4.78, 5) is 18.5. The first kappa shape index (κ1) is 16.2. The topological polar surface area (TPSA) is 108 Å². The first-order valence-corrected chi connectivity index (χ1v) is 7.20. The summed E-state index contributed by atoms with van der Waals surface area (Å²) in [6.07, 6.45) is 0.977. The number of imidazole rings is 1. The first-order valence-electron chi connectivity index (χ1n) is 7.20. The van der Waals surface area contributed by atoms with Gasteiger partial charge >= 0.3 is 0 Å². The Morgan fingerprint density at radius 2 is 2.18 bits per heavy atom. The Kier molecular flexibility index (Phi) is 5.26. The van der Waals surface area contributed by atoms with Gasteiger partial charge in [0.05, 0.1) is 17.9 Å². The number of aromatic amines is 1. The molecular weight excluding hydrogens is 286 g/mol. The zero-order valence-electron chi connectivity index (χ0n) is 13.0. The molecule has 0 unspecified atom stereocenters. The van der Waals surface area contributed by atoms with E-state index in [0.717, 1.165) is 25.3 Å². The molecule has 22 heavy (non-hydrogen) atoms. The van der Waals surface area contributed by atoms with Gasteiger partial charge in [0.1, 0.15) is 5.82 Å². The summed E-state index contributed by atoms with van der Waals surface area (Å²) >= 11 is 0. The smallest absolute Gasteiger partial charge is 0.290 e. The van der Waals surface area contributed by atoms with Gasteiger partial charge in [0, 0.05) is 25.4 Å². The van der Waals surface area contributed by atoms with Crippen LogP contribution in [0.15, 0.2) is 4.42 Å². The van der Waals surface area contributed by atoms with Gasteiger partial charge < -0.3 is 14.5 Å². The summed E-state index contributed by atoms with van der Waals surface area (Å²) in [5.74, 6) is 2.68. The Morgan fingerprint density at radius 1 is 1.45 bits per heavy atom. The highest BCUT2D eigenvalue weighted by Gasteiger charge is 2.21. The fraction of sp³-hybridized carbons (Fsp3) is 0.571. The van der Waals surface area contributed by atoms with Gasteiger partial charge in [0.2, 0.25) is 11.8 Å². The predicted octanol–water partition coefficient (Wildman–Crippen LogP) is 1.48. The van der Waals surface area contributed by atoms with Crippen LogP contribution in [-0.4, -0.2) is 43.2 Å². The van der Waals surface area contributed by atoms with Gasteiger partial charge in [-0.05, 0) is 6.92 Å². The van der Waals surface area contributed by atoms with Crippen LogP contribution >= 0.6 is 0 Å². The Morgan fingerprint density at radius 3 is 2.82 bits per heavy atom. The lowest BCUT2D eigenvalue weighted by atomic mass is 10.1. The molecule has 3 heterocycles. The maximum absolute atomic E-state index is 8.36. The minimum atomic E-state index is -0.250. The zero-order valence-corrected chi connectivity index (χ0v) is 13.0. The highest BCUT2D eigenvalue weighted by Crippen LogP contribution is 2.19. The molecule has 0 atom stereocenters. The molecule has 3 rings (SSSR count). The molecule has 8 heteroatoms. The average molecular weight is 307 g/mol. The maximum Gasteiger partial charge on any atom is 0.290 e. The molecule has 2 aromatic rings. The molecule has 0 spiro atoms. The number of carboxylic acid groups (broad SMARTS) is 1. The van der Waals surface area contributed by atoms with E-state index in [4.69, 9.17) is 14.3 Å². The third-order valence-electron chi connectivity index (χ3n) is 3.36. The molecule has 0 radical (unpaired) electrons. The van der Waals surface area contributed by atoms with E-state index < -0.39 is 0 Å². The van der Waals surface area contributed by atoms with Gasteiger partial charge in [-0.25, -0.2) is 4.98 Å². The Bertz CT molecular complexity index is 620. The minimum absolute atomic E-state index is 0.250. The molecule has 0 aromatic carbocycles. The highest BCUT2D eigenvalue weighted by molar-refractivity contribution is 5.32. The number of fused-ring (bicyclic) bond motifs is 1. The lowest BCUT2D eigenvalue weighted by molar-refractivity contribution is -0.122. The SMILES string of the molecule is Cc1nc2c([nH]1)CN(Cc1nnc(C(C)C)o1)CC2.O=CO. The molecule has 8 nitrogen and oxygen atoms in total. The molecule has 2 N–H and O–H groups in total. The number of hydrogen-bond acceptors (Lipinski definition) is 6. The van der Waals surface area contributed by atoms with Crippen LogP contribution < -0.4 is 0 Å². The molecule has 0 bridgehead atoms. The number of hydrogen-bond donors (Lipinski definition) is 2. The number of rotatable bonds is 3. The van der Waals surface area contributed by atoms with Crippen molar-refractivity contribution >= 4 is 6.47 Å². The minimum Gasteiger partial charge on any atom is -0.483 e. The summed E-state index contributed by atoms with van der Waals surface area (Å²) < 4.78 is 5.65. The van der Waals surface area contributed by atoms with Gasteiger partial charge in [-0.3, -0.25) is 9.69 Å². The van der Waals surface area contributed by atoms with E-state index in [9.17, 15) is 0 Å². The van der Waals surface area contributed by atoms with Crippen LogP contribution in [-0.2, 0) is 24.3 Å². The van der Waals surface area contributed by atoms with Crippen molar-refractivity contribution in [2.75, 3.05) is 6.54 Å². The third kappa shape index (κ3) is 3.91. The zero-order chi connectivity index (χ0) is 16.1. The normalized spacial score (nSPS) is 14.4. The van der Waals surface area contributed by atoms with Crippen LogP contribution in [0.1, 0.15) is 48.8 Å². The Labute approximate surface area is 128 Å². The number of carbonyl (C=O) groups is 1. The van der Waals surface area contributed by atoms with E-state index in [1.807, 2.05) is 6.92 Å². The second kappa shape index (κ2) is 7.17. The summed E-state index contributed by atoms with van der Waals surface area (Å²) in [6.45, 7) is 8.41. The fourth-order valence-corrected chi connectivity index (χ4v) is 2.38. The molecule has 120 valence electrons. The van der Waals surface area contributed by atoms with Crippen molar-refractivity contribution in [3.05, 3.63) is 29.0 Å². The Balaban J connectivity index is 0.000000545. The molecule has 0 saturated heterocycles. The molecule has 1 aliphatic heterocycles. The molecule has 0 aliphatic carbocycles. The number of aryl methyl sites for hydroxylation is 1. The van der Waals surface area contributed by atoms with Crippen molar-refractivity contribution < 1.29 is 14.3 Å². The number of aromatic nitrogens is 4. The number of nitrogens with one attached hydrogen (secondary N) is 1. The van der Waals surface area contributed by atoms with Crippen molar-refractivity contribution in [3.8, 4) is 0 Å². The summed E-state index contributed by atoms with van der Waals surface area (Å²) in [5.41, 5.74) is 2.41. The summed E-state index contributed by atoms with van der Waals surface area (Å²) in [7, 11) is 0. The van der Waals surface area contributed by atoms with Crippen LogP contribution in [0.4, 0.5) is 0 Å². The Hall–Kier alpha value is -2.22. The number of nitrogens with zero attached hydrogens (tertiary/aromatic N) is 4. The van der Waals surface area contributed by atoms with Gasteiger partial charge in [-0.1, -0.05) is 13.8 Å². The van der Waals surface area contributed by atoms with E-state index in [2.05, 4.69) is 38.9 Å². The molecule has 0 saturated carbocycles. The maximum atomic E-state index is 8.36. The van der Waals surface area contributed by atoms with Crippen LogP contribution in [0.3, 0.4) is 0 Å². The van der Waals surface area contributed by atoms with Gasteiger partial charge in [-0.15, -0.1) is 10.2 Å². The predicted molar refractivity (Wildman–Crippen MR) is 78.2 cm³/mol.